The lowest BCUT2D eigenvalue weighted by Gasteiger charge is -2.08. The van der Waals surface area contributed by atoms with Crippen LogP contribution in [0, 0.1) is 12.7 Å². The van der Waals surface area contributed by atoms with Crippen LogP contribution in [0.2, 0.25) is 5.02 Å². The predicted molar refractivity (Wildman–Crippen MR) is 122 cm³/mol. The molecule has 162 valence electrons. The van der Waals surface area contributed by atoms with Gasteiger partial charge in [0.2, 0.25) is 5.82 Å². The number of nitrogens with zero attached hydrogens (tertiary/aromatic N) is 3. The second-order valence-corrected chi connectivity index (χ2v) is 7.38. The molecule has 32 heavy (non-hydrogen) atoms. The van der Waals surface area contributed by atoms with Crippen LogP contribution >= 0.6 is 11.6 Å². The van der Waals surface area contributed by atoms with Gasteiger partial charge in [0.25, 0.3) is 5.91 Å². The van der Waals surface area contributed by atoms with Crippen molar-refractivity contribution in [1.82, 2.24) is 14.8 Å². The largest absolute Gasteiger partial charge is 0.494 e. The third-order valence-electron chi connectivity index (χ3n) is 4.82. The van der Waals surface area contributed by atoms with Crippen molar-refractivity contribution in [3.63, 3.8) is 0 Å². The number of carbonyl (C=O) groups excluding carboxylic acids is 1. The number of rotatable bonds is 6. The molecule has 1 aromatic heterocycles. The predicted octanol–water partition coefficient (Wildman–Crippen LogP) is 5.69. The summed E-state index contributed by atoms with van der Waals surface area (Å²) in [5, 5.41) is 7.78. The van der Waals surface area contributed by atoms with E-state index in [-0.39, 0.29) is 11.6 Å². The summed E-state index contributed by atoms with van der Waals surface area (Å²) in [6.45, 7) is 4.27. The van der Waals surface area contributed by atoms with Gasteiger partial charge < -0.3 is 10.1 Å². The Balaban J connectivity index is 1.74. The molecule has 0 saturated heterocycles. The molecule has 0 aliphatic rings. The number of benzene rings is 3. The van der Waals surface area contributed by atoms with E-state index in [1.807, 2.05) is 38.1 Å². The van der Waals surface area contributed by atoms with Gasteiger partial charge in [0.15, 0.2) is 5.82 Å². The molecule has 0 saturated carbocycles. The molecule has 1 heterocycles. The van der Waals surface area contributed by atoms with Crippen LogP contribution in [0.4, 0.5) is 10.1 Å². The summed E-state index contributed by atoms with van der Waals surface area (Å²) in [6.07, 6.45) is 0. The van der Waals surface area contributed by atoms with Crippen LogP contribution in [-0.2, 0) is 0 Å². The van der Waals surface area contributed by atoms with E-state index in [2.05, 4.69) is 15.4 Å². The summed E-state index contributed by atoms with van der Waals surface area (Å²) >= 11 is 6.15. The average molecular weight is 451 g/mol. The molecule has 6 nitrogen and oxygen atoms in total. The maximum Gasteiger partial charge on any atom is 0.295 e. The molecule has 4 rings (SSSR count). The van der Waals surface area contributed by atoms with E-state index in [0.29, 0.717) is 40.1 Å². The van der Waals surface area contributed by atoms with Crippen LogP contribution in [0.5, 0.6) is 5.75 Å². The molecule has 0 spiro atoms. The van der Waals surface area contributed by atoms with Gasteiger partial charge in [-0.05, 0) is 80.1 Å². The van der Waals surface area contributed by atoms with Crippen LogP contribution < -0.4 is 10.1 Å². The molecule has 3 aromatic carbocycles. The highest BCUT2D eigenvalue weighted by molar-refractivity contribution is 6.31. The van der Waals surface area contributed by atoms with Crippen LogP contribution in [0.15, 0.2) is 66.7 Å². The fraction of sp³-hybridized carbons (Fsp3) is 0.125. The molecule has 0 aliphatic heterocycles. The molecular weight excluding hydrogens is 431 g/mol. The second-order valence-electron chi connectivity index (χ2n) is 6.97. The number of hydrogen-bond donors (Lipinski definition) is 1. The number of ether oxygens (including phenoxy) is 1. The topological polar surface area (TPSA) is 69.0 Å². The molecule has 1 amide bonds. The third kappa shape index (κ3) is 4.48. The molecule has 8 heteroatoms. The van der Waals surface area contributed by atoms with E-state index < -0.39 is 5.91 Å². The second kappa shape index (κ2) is 9.20. The highest BCUT2D eigenvalue weighted by atomic mass is 35.5. The first-order valence-corrected chi connectivity index (χ1v) is 10.4. The van der Waals surface area contributed by atoms with Crippen molar-refractivity contribution in [2.24, 2.45) is 0 Å². The molecular formula is C24H20ClFN4O2. The number of nitrogens with one attached hydrogen (secondary N) is 1. The first-order valence-electron chi connectivity index (χ1n) is 9.99. The standard InChI is InChI=1S/C24H20ClFN4O2/c1-3-32-19-13-11-18(12-14-19)30-23(16-7-9-17(26)10-8-16)28-22(29-30)24(31)27-21-6-4-5-20(25)15(21)2/h4-14H,3H2,1-2H3,(H,27,31). The summed E-state index contributed by atoms with van der Waals surface area (Å²) in [7, 11) is 0. The third-order valence-corrected chi connectivity index (χ3v) is 5.23. The Kier molecular flexibility index (Phi) is 6.18. The maximum absolute atomic E-state index is 13.5. The van der Waals surface area contributed by atoms with Crippen molar-refractivity contribution in [3.8, 4) is 22.8 Å². The van der Waals surface area contributed by atoms with E-state index in [4.69, 9.17) is 16.3 Å². The molecule has 1 N–H and O–H groups in total. The zero-order valence-electron chi connectivity index (χ0n) is 17.5. The lowest BCUT2D eigenvalue weighted by Crippen LogP contribution is -2.15. The first kappa shape index (κ1) is 21.5. The number of amides is 1. The summed E-state index contributed by atoms with van der Waals surface area (Å²) in [5.74, 6) is 0.243. The minimum Gasteiger partial charge on any atom is -0.494 e. The van der Waals surface area contributed by atoms with Gasteiger partial charge in [-0.1, -0.05) is 17.7 Å². The number of carbonyl (C=O) groups is 1. The molecule has 0 unspecified atom stereocenters. The fourth-order valence-electron chi connectivity index (χ4n) is 3.15. The smallest absolute Gasteiger partial charge is 0.295 e. The van der Waals surface area contributed by atoms with Crippen LogP contribution in [0.1, 0.15) is 23.1 Å². The lowest BCUT2D eigenvalue weighted by molar-refractivity contribution is 0.101. The monoisotopic (exact) mass is 450 g/mol. The summed E-state index contributed by atoms with van der Waals surface area (Å²) < 4.78 is 20.5. The van der Waals surface area contributed by atoms with Gasteiger partial charge in [0.05, 0.1) is 12.3 Å². The summed E-state index contributed by atoms with van der Waals surface area (Å²) in [5.41, 5.74) is 2.61. The SMILES string of the molecule is CCOc1ccc(-n2nc(C(=O)Nc3cccc(Cl)c3C)nc2-c2ccc(F)cc2)cc1. The molecule has 4 aromatic rings. The summed E-state index contributed by atoms with van der Waals surface area (Å²) in [4.78, 5) is 17.4. The molecule has 0 aliphatic carbocycles. The maximum atomic E-state index is 13.5. The molecule has 0 bridgehead atoms. The van der Waals surface area contributed by atoms with Gasteiger partial charge in [0, 0.05) is 16.3 Å². The number of hydrogen-bond acceptors (Lipinski definition) is 4. The van der Waals surface area contributed by atoms with Crippen molar-refractivity contribution in [2.45, 2.75) is 13.8 Å². The lowest BCUT2D eigenvalue weighted by atomic mass is 10.2. The zero-order chi connectivity index (χ0) is 22.7. The van der Waals surface area contributed by atoms with Crippen LogP contribution in [-0.4, -0.2) is 27.3 Å². The Bertz CT molecular complexity index is 1250. The Morgan fingerprint density at radius 3 is 2.50 bits per heavy atom. The van der Waals surface area contributed by atoms with E-state index in [1.165, 1.54) is 12.1 Å². The van der Waals surface area contributed by atoms with Gasteiger partial charge in [-0.25, -0.2) is 14.1 Å². The van der Waals surface area contributed by atoms with Gasteiger partial charge in [0.1, 0.15) is 11.6 Å². The highest BCUT2D eigenvalue weighted by Crippen LogP contribution is 2.25. The fourth-order valence-corrected chi connectivity index (χ4v) is 3.32. The van der Waals surface area contributed by atoms with Crippen LogP contribution in [0.3, 0.4) is 0 Å². The Labute approximate surface area is 189 Å². The number of halogens is 2. The van der Waals surface area contributed by atoms with Crippen molar-refractivity contribution < 1.29 is 13.9 Å². The average Bonchev–Trinajstić information content (AvgIpc) is 3.24. The normalized spacial score (nSPS) is 10.8. The Hall–Kier alpha value is -3.71. The molecule has 0 fully saturated rings. The van der Waals surface area contributed by atoms with E-state index in [9.17, 15) is 9.18 Å². The van der Waals surface area contributed by atoms with E-state index in [1.54, 1.807) is 35.0 Å². The van der Waals surface area contributed by atoms with Gasteiger partial charge in [-0.3, -0.25) is 4.79 Å². The molecule has 0 radical (unpaired) electrons. The van der Waals surface area contributed by atoms with E-state index in [0.717, 1.165) is 5.56 Å². The van der Waals surface area contributed by atoms with Crippen molar-refractivity contribution >= 4 is 23.2 Å². The van der Waals surface area contributed by atoms with Crippen molar-refractivity contribution in [3.05, 3.63) is 89.0 Å². The Morgan fingerprint density at radius 1 is 1.09 bits per heavy atom. The van der Waals surface area contributed by atoms with Gasteiger partial charge >= 0.3 is 0 Å². The minimum atomic E-state index is -0.483. The first-order chi connectivity index (χ1) is 15.5. The Morgan fingerprint density at radius 2 is 1.81 bits per heavy atom. The zero-order valence-corrected chi connectivity index (χ0v) is 18.2. The number of aromatic nitrogens is 3. The van der Waals surface area contributed by atoms with Gasteiger partial charge in [-0.2, -0.15) is 0 Å². The van der Waals surface area contributed by atoms with Crippen LogP contribution in [0.25, 0.3) is 17.1 Å². The summed E-state index contributed by atoms with van der Waals surface area (Å²) in [6, 6.07) is 18.4. The van der Waals surface area contributed by atoms with Crippen molar-refractivity contribution in [2.75, 3.05) is 11.9 Å². The van der Waals surface area contributed by atoms with Gasteiger partial charge in [-0.15, -0.1) is 5.10 Å². The quantitative estimate of drug-likeness (QED) is 0.410. The number of anilines is 1. The molecule has 0 atom stereocenters. The van der Waals surface area contributed by atoms with E-state index >= 15 is 0 Å². The van der Waals surface area contributed by atoms with Crippen molar-refractivity contribution in [1.29, 1.82) is 0 Å². The highest BCUT2D eigenvalue weighted by Gasteiger charge is 2.20. The minimum absolute atomic E-state index is 0.0300.